The van der Waals surface area contributed by atoms with Crippen molar-refractivity contribution in [1.82, 2.24) is 14.6 Å². The van der Waals surface area contributed by atoms with Crippen LogP contribution in [-0.4, -0.2) is 19.7 Å². The van der Waals surface area contributed by atoms with E-state index in [-0.39, 0.29) is 5.75 Å². The third kappa shape index (κ3) is 2.15. The summed E-state index contributed by atoms with van der Waals surface area (Å²) in [4.78, 5) is 0. The largest absolute Gasteiger partial charge is 0.508 e. The van der Waals surface area contributed by atoms with Gasteiger partial charge in [-0.15, -0.1) is 10.2 Å². The minimum Gasteiger partial charge on any atom is -0.508 e. The molecule has 0 fully saturated rings. The summed E-state index contributed by atoms with van der Waals surface area (Å²) in [5.41, 5.74) is 8.60. The van der Waals surface area contributed by atoms with Crippen LogP contribution in [0.2, 0.25) is 0 Å². The summed E-state index contributed by atoms with van der Waals surface area (Å²) >= 11 is 0. The highest BCUT2D eigenvalue weighted by Crippen LogP contribution is 2.15. The van der Waals surface area contributed by atoms with Crippen LogP contribution in [0.1, 0.15) is 17.1 Å². The number of rotatable bonds is 3. The maximum Gasteiger partial charge on any atom is 0.161 e. The lowest BCUT2D eigenvalue weighted by atomic mass is 10.1. The van der Waals surface area contributed by atoms with E-state index in [2.05, 4.69) is 10.2 Å². The third-order valence-electron chi connectivity index (χ3n) is 3.08. The van der Waals surface area contributed by atoms with Gasteiger partial charge in [0, 0.05) is 18.7 Å². The van der Waals surface area contributed by atoms with Gasteiger partial charge < -0.3 is 10.8 Å². The molecule has 1 aromatic carbocycles. The van der Waals surface area contributed by atoms with Crippen molar-refractivity contribution in [1.29, 1.82) is 0 Å². The number of hydrogen-bond donors (Lipinski definition) is 2. The van der Waals surface area contributed by atoms with Gasteiger partial charge >= 0.3 is 0 Å². The molecule has 96 valence electrons. The molecule has 0 atom stereocenters. The van der Waals surface area contributed by atoms with Crippen LogP contribution >= 0.6 is 0 Å². The Labute approximate surface area is 110 Å². The molecule has 19 heavy (non-hydrogen) atoms. The molecule has 0 spiro atoms. The van der Waals surface area contributed by atoms with Crippen molar-refractivity contribution < 1.29 is 5.11 Å². The molecule has 0 unspecified atom stereocenters. The summed E-state index contributed by atoms with van der Waals surface area (Å²) in [5.74, 6) is 1.11. The molecule has 5 nitrogen and oxygen atoms in total. The van der Waals surface area contributed by atoms with E-state index in [1.165, 1.54) is 0 Å². The molecule has 0 aliphatic carbocycles. The number of fused-ring (bicyclic) bond motifs is 1. The normalized spacial score (nSPS) is 11.0. The van der Waals surface area contributed by atoms with Crippen molar-refractivity contribution >= 4 is 5.65 Å². The number of nitrogens with zero attached hydrogens (tertiary/aromatic N) is 3. The average Bonchev–Trinajstić information content (AvgIpc) is 2.85. The molecular formula is C14H14N4O. The zero-order valence-electron chi connectivity index (χ0n) is 10.3. The second kappa shape index (κ2) is 4.70. The zero-order chi connectivity index (χ0) is 13.2. The first-order valence-electron chi connectivity index (χ1n) is 6.08. The molecule has 0 bridgehead atoms. The lowest BCUT2D eigenvalue weighted by molar-refractivity contribution is 0.475. The predicted molar refractivity (Wildman–Crippen MR) is 71.8 cm³/mol. The van der Waals surface area contributed by atoms with Gasteiger partial charge in [0.05, 0.1) is 0 Å². The van der Waals surface area contributed by atoms with Crippen LogP contribution in [0.3, 0.4) is 0 Å². The van der Waals surface area contributed by atoms with Gasteiger partial charge in [-0.3, -0.25) is 4.40 Å². The number of phenolic OH excluding ortho intramolecular Hbond substituents is 1. The maximum absolute atomic E-state index is 9.29. The summed E-state index contributed by atoms with van der Waals surface area (Å²) in [5, 5.41) is 17.7. The van der Waals surface area contributed by atoms with E-state index in [0.29, 0.717) is 13.0 Å². The molecule has 0 saturated heterocycles. The Morgan fingerprint density at radius 2 is 1.84 bits per heavy atom. The quantitative estimate of drug-likeness (QED) is 0.742. The van der Waals surface area contributed by atoms with E-state index in [1.54, 1.807) is 12.1 Å². The average molecular weight is 254 g/mol. The minimum absolute atomic E-state index is 0.262. The number of pyridine rings is 1. The molecule has 0 radical (unpaired) electrons. The molecule has 2 heterocycles. The van der Waals surface area contributed by atoms with Crippen molar-refractivity contribution in [3.63, 3.8) is 0 Å². The molecule has 2 aromatic heterocycles. The molecule has 0 saturated carbocycles. The van der Waals surface area contributed by atoms with Crippen LogP contribution in [0.15, 0.2) is 42.5 Å². The smallest absolute Gasteiger partial charge is 0.161 e. The summed E-state index contributed by atoms with van der Waals surface area (Å²) in [6.07, 6.45) is 0.651. The molecule has 3 aromatic rings. The van der Waals surface area contributed by atoms with Gasteiger partial charge in [0.15, 0.2) is 5.65 Å². The van der Waals surface area contributed by atoms with Gasteiger partial charge in [-0.25, -0.2) is 0 Å². The fourth-order valence-electron chi connectivity index (χ4n) is 2.14. The Kier molecular flexibility index (Phi) is 2.89. The van der Waals surface area contributed by atoms with E-state index in [4.69, 9.17) is 5.73 Å². The standard InChI is InChI=1S/C14H14N4O/c15-9-11-2-1-3-13-16-17-14(18(11)13)8-10-4-6-12(19)7-5-10/h1-7,19H,8-9,15H2. The first-order valence-corrected chi connectivity index (χ1v) is 6.08. The molecule has 3 N–H and O–H groups in total. The third-order valence-corrected chi connectivity index (χ3v) is 3.08. The van der Waals surface area contributed by atoms with Gasteiger partial charge in [-0.05, 0) is 29.8 Å². The maximum atomic E-state index is 9.29. The lowest BCUT2D eigenvalue weighted by Gasteiger charge is -2.05. The molecule has 0 amide bonds. The van der Waals surface area contributed by atoms with E-state index < -0.39 is 0 Å². The van der Waals surface area contributed by atoms with Crippen LogP contribution in [0.5, 0.6) is 5.75 Å². The first-order chi connectivity index (χ1) is 9.28. The van der Waals surface area contributed by atoms with Crippen LogP contribution in [-0.2, 0) is 13.0 Å². The second-order valence-electron chi connectivity index (χ2n) is 4.37. The lowest BCUT2D eigenvalue weighted by Crippen LogP contribution is -2.06. The van der Waals surface area contributed by atoms with Crippen LogP contribution in [0.25, 0.3) is 5.65 Å². The van der Waals surface area contributed by atoms with E-state index >= 15 is 0 Å². The molecule has 0 aliphatic heterocycles. The van der Waals surface area contributed by atoms with Gasteiger partial charge in [0.2, 0.25) is 0 Å². The molecule has 0 aliphatic rings. The van der Waals surface area contributed by atoms with Crippen LogP contribution in [0, 0.1) is 0 Å². The Balaban J connectivity index is 2.03. The summed E-state index contributed by atoms with van der Waals surface area (Å²) in [6, 6.07) is 12.9. The fourth-order valence-corrected chi connectivity index (χ4v) is 2.14. The van der Waals surface area contributed by atoms with Gasteiger partial charge in [0.1, 0.15) is 11.6 Å². The Morgan fingerprint density at radius 1 is 1.05 bits per heavy atom. The van der Waals surface area contributed by atoms with Gasteiger partial charge in [-0.2, -0.15) is 0 Å². The summed E-state index contributed by atoms with van der Waals surface area (Å²) in [6.45, 7) is 0.442. The van der Waals surface area contributed by atoms with Crippen molar-refractivity contribution in [3.05, 3.63) is 59.5 Å². The highest BCUT2D eigenvalue weighted by atomic mass is 16.3. The van der Waals surface area contributed by atoms with E-state index in [0.717, 1.165) is 22.7 Å². The topological polar surface area (TPSA) is 76.4 Å². The second-order valence-corrected chi connectivity index (χ2v) is 4.37. The fraction of sp³-hybridized carbons (Fsp3) is 0.143. The molecule has 5 heteroatoms. The van der Waals surface area contributed by atoms with Crippen molar-refractivity contribution in [2.24, 2.45) is 5.73 Å². The number of phenols is 1. The number of aromatic nitrogens is 3. The number of nitrogens with two attached hydrogens (primary N) is 1. The van der Waals surface area contributed by atoms with E-state index in [1.807, 2.05) is 34.7 Å². The number of aromatic hydroxyl groups is 1. The van der Waals surface area contributed by atoms with Crippen LogP contribution in [0.4, 0.5) is 0 Å². The van der Waals surface area contributed by atoms with Crippen molar-refractivity contribution in [3.8, 4) is 5.75 Å². The molecule has 3 rings (SSSR count). The van der Waals surface area contributed by atoms with Crippen molar-refractivity contribution in [2.75, 3.05) is 0 Å². The Bertz CT molecular complexity index is 703. The number of benzene rings is 1. The van der Waals surface area contributed by atoms with Crippen molar-refractivity contribution in [2.45, 2.75) is 13.0 Å². The van der Waals surface area contributed by atoms with Crippen LogP contribution < -0.4 is 5.73 Å². The minimum atomic E-state index is 0.262. The Hall–Kier alpha value is -2.40. The monoisotopic (exact) mass is 254 g/mol. The SMILES string of the molecule is NCc1cccc2nnc(Cc3ccc(O)cc3)n12. The highest BCUT2D eigenvalue weighted by molar-refractivity contribution is 5.41. The predicted octanol–water partition coefficient (Wildman–Crippen LogP) is 1.48. The molecular weight excluding hydrogens is 240 g/mol. The summed E-state index contributed by atoms with van der Waals surface area (Å²) < 4.78 is 1.98. The first kappa shape index (κ1) is 11.7. The van der Waals surface area contributed by atoms with Gasteiger partial charge in [-0.1, -0.05) is 18.2 Å². The zero-order valence-corrected chi connectivity index (χ0v) is 10.3. The highest BCUT2D eigenvalue weighted by Gasteiger charge is 2.09. The van der Waals surface area contributed by atoms with Gasteiger partial charge in [0.25, 0.3) is 0 Å². The van der Waals surface area contributed by atoms with E-state index in [9.17, 15) is 5.11 Å². The number of hydrogen-bond acceptors (Lipinski definition) is 4. The Morgan fingerprint density at radius 3 is 2.58 bits per heavy atom. The summed E-state index contributed by atoms with van der Waals surface area (Å²) in [7, 11) is 0.